The van der Waals surface area contributed by atoms with Crippen molar-refractivity contribution >= 4 is 23.5 Å². The van der Waals surface area contributed by atoms with E-state index in [9.17, 15) is 23.5 Å². The van der Waals surface area contributed by atoms with Crippen LogP contribution in [0.2, 0.25) is 0 Å². The Hall–Kier alpha value is -2.94. The molecule has 0 saturated carbocycles. The minimum atomic E-state index is -1.00. The molecule has 0 radical (unpaired) electrons. The first-order chi connectivity index (χ1) is 17.5. The van der Waals surface area contributed by atoms with Gasteiger partial charge in [-0.05, 0) is 57.7 Å². The second-order valence-corrected chi connectivity index (χ2v) is 11.3. The number of aliphatic hydroxyl groups excluding tert-OH is 1. The molecule has 1 aromatic heterocycles. The Bertz CT molecular complexity index is 1200. The van der Waals surface area contributed by atoms with Crippen LogP contribution in [0, 0.1) is 17.0 Å². The topological polar surface area (TPSA) is 78.4 Å². The highest BCUT2D eigenvalue weighted by Gasteiger charge is 2.32. The fraction of sp³-hybridized carbons (Fsp3) is 0.379. The van der Waals surface area contributed by atoms with Crippen LogP contribution in [0.25, 0.3) is 0 Å². The molecule has 198 valence electrons. The lowest BCUT2D eigenvalue weighted by atomic mass is 9.71. The van der Waals surface area contributed by atoms with Crippen molar-refractivity contribution in [3.8, 4) is 0 Å². The van der Waals surface area contributed by atoms with Crippen LogP contribution >= 0.6 is 11.3 Å². The lowest BCUT2D eigenvalue weighted by Gasteiger charge is -2.33. The minimum absolute atomic E-state index is 0.0168. The SMILES string of the molecule is CC(=O)NC(Cc1cc(F)cc(F)c1)C(O)CNCc1ccccc1C(c1ccsc1C=O)C(C)(C)C. The summed E-state index contributed by atoms with van der Waals surface area (Å²) in [6.07, 6.45) is -0.0194. The number of aliphatic hydroxyl groups is 1. The second kappa shape index (κ2) is 12.5. The first-order valence-electron chi connectivity index (χ1n) is 12.2. The first-order valence-corrected chi connectivity index (χ1v) is 13.1. The van der Waals surface area contributed by atoms with Crippen molar-refractivity contribution in [3.63, 3.8) is 0 Å². The highest BCUT2D eigenvalue weighted by molar-refractivity contribution is 7.11. The Morgan fingerprint density at radius 1 is 1.08 bits per heavy atom. The molecular formula is C29H34F2N2O3S. The van der Waals surface area contributed by atoms with Gasteiger partial charge in [0.25, 0.3) is 0 Å². The van der Waals surface area contributed by atoms with Crippen LogP contribution in [0.1, 0.15) is 65.5 Å². The van der Waals surface area contributed by atoms with Crippen molar-refractivity contribution in [3.05, 3.63) is 92.7 Å². The van der Waals surface area contributed by atoms with Crippen LogP contribution in [0.3, 0.4) is 0 Å². The largest absolute Gasteiger partial charge is 0.390 e. The van der Waals surface area contributed by atoms with E-state index in [1.54, 1.807) is 0 Å². The quantitative estimate of drug-likeness (QED) is 0.299. The van der Waals surface area contributed by atoms with Gasteiger partial charge in [-0.2, -0.15) is 0 Å². The lowest BCUT2D eigenvalue weighted by molar-refractivity contribution is -0.120. The van der Waals surface area contributed by atoms with E-state index in [0.29, 0.717) is 17.0 Å². The number of rotatable bonds is 11. The zero-order chi connectivity index (χ0) is 27.2. The normalized spacial score (nSPS) is 14.1. The summed E-state index contributed by atoms with van der Waals surface area (Å²) in [5.41, 5.74) is 3.29. The number of hydrogen-bond donors (Lipinski definition) is 3. The van der Waals surface area contributed by atoms with E-state index in [-0.39, 0.29) is 30.2 Å². The van der Waals surface area contributed by atoms with Gasteiger partial charge in [-0.3, -0.25) is 9.59 Å². The summed E-state index contributed by atoms with van der Waals surface area (Å²) >= 11 is 1.43. The average molecular weight is 529 g/mol. The Labute approximate surface area is 220 Å². The summed E-state index contributed by atoms with van der Waals surface area (Å²) in [7, 11) is 0. The second-order valence-electron chi connectivity index (χ2n) is 10.3. The van der Waals surface area contributed by atoms with E-state index >= 15 is 0 Å². The predicted molar refractivity (Wildman–Crippen MR) is 143 cm³/mol. The van der Waals surface area contributed by atoms with Gasteiger partial charge in [0.2, 0.25) is 5.91 Å². The molecule has 0 bridgehead atoms. The van der Waals surface area contributed by atoms with E-state index < -0.39 is 23.8 Å². The molecule has 2 aromatic carbocycles. The molecular weight excluding hydrogens is 494 g/mol. The number of carbonyl (C=O) groups is 2. The summed E-state index contributed by atoms with van der Waals surface area (Å²) in [6, 6.07) is 12.4. The van der Waals surface area contributed by atoms with Gasteiger partial charge in [0.1, 0.15) is 11.6 Å². The third kappa shape index (κ3) is 7.77. The molecule has 37 heavy (non-hydrogen) atoms. The van der Waals surface area contributed by atoms with E-state index in [1.165, 1.54) is 30.4 Å². The summed E-state index contributed by atoms with van der Waals surface area (Å²) in [4.78, 5) is 24.1. The minimum Gasteiger partial charge on any atom is -0.390 e. The lowest BCUT2D eigenvalue weighted by Crippen LogP contribution is -2.48. The molecule has 5 nitrogen and oxygen atoms in total. The van der Waals surface area contributed by atoms with E-state index in [4.69, 9.17) is 0 Å². The van der Waals surface area contributed by atoms with Gasteiger partial charge in [-0.15, -0.1) is 11.3 Å². The Morgan fingerprint density at radius 2 is 1.76 bits per heavy atom. The highest BCUT2D eigenvalue weighted by atomic mass is 32.1. The Balaban J connectivity index is 1.77. The number of hydrogen-bond acceptors (Lipinski definition) is 5. The molecule has 1 heterocycles. The van der Waals surface area contributed by atoms with Gasteiger partial charge < -0.3 is 15.7 Å². The van der Waals surface area contributed by atoms with Crippen molar-refractivity contribution in [2.24, 2.45) is 5.41 Å². The van der Waals surface area contributed by atoms with E-state index in [1.807, 2.05) is 29.6 Å². The standard InChI is InChI=1S/C29H34F2N2O3S/c1-18(35)33-25(13-19-11-21(30)14-22(31)12-19)26(36)16-32-15-20-7-5-6-8-23(20)28(29(2,3)4)24-9-10-37-27(24)17-34/h5-12,14,17,25-26,28,32,36H,13,15-16H2,1-4H3,(H,33,35). The number of nitrogens with one attached hydrogen (secondary N) is 2. The molecule has 8 heteroatoms. The van der Waals surface area contributed by atoms with Crippen LogP contribution in [-0.2, 0) is 17.8 Å². The Kier molecular flexibility index (Phi) is 9.70. The smallest absolute Gasteiger partial charge is 0.217 e. The van der Waals surface area contributed by atoms with Crippen LogP contribution in [-0.4, -0.2) is 36.0 Å². The molecule has 0 aliphatic carbocycles. The molecule has 3 unspecified atom stereocenters. The molecule has 0 fully saturated rings. The van der Waals surface area contributed by atoms with Gasteiger partial charge in [0.15, 0.2) is 6.29 Å². The number of benzene rings is 2. The van der Waals surface area contributed by atoms with E-state index in [2.05, 4.69) is 37.5 Å². The van der Waals surface area contributed by atoms with Crippen molar-refractivity contribution in [1.29, 1.82) is 0 Å². The number of thiophene rings is 1. The van der Waals surface area contributed by atoms with Gasteiger partial charge in [0.05, 0.1) is 17.0 Å². The molecule has 1 amide bonds. The fourth-order valence-electron chi connectivity index (χ4n) is 4.77. The molecule has 0 aliphatic heterocycles. The van der Waals surface area contributed by atoms with E-state index in [0.717, 1.165) is 29.0 Å². The number of carbonyl (C=O) groups excluding carboxylic acids is 2. The van der Waals surface area contributed by atoms with Crippen molar-refractivity contribution < 1.29 is 23.5 Å². The van der Waals surface area contributed by atoms with Gasteiger partial charge >= 0.3 is 0 Å². The third-order valence-corrected chi connectivity index (χ3v) is 7.14. The molecule has 0 spiro atoms. The van der Waals surface area contributed by atoms with Crippen molar-refractivity contribution in [2.75, 3.05) is 6.54 Å². The molecule has 3 N–H and O–H groups in total. The summed E-state index contributed by atoms with van der Waals surface area (Å²) in [5, 5.41) is 18.8. The summed E-state index contributed by atoms with van der Waals surface area (Å²) in [5.74, 6) is -1.78. The monoisotopic (exact) mass is 528 g/mol. The first kappa shape index (κ1) is 28.6. The van der Waals surface area contributed by atoms with Crippen LogP contribution in [0.5, 0.6) is 0 Å². The molecule has 0 saturated heterocycles. The van der Waals surface area contributed by atoms with Gasteiger partial charge in [-0.25, -0.2) is 8.78 Å². The fourth-order valence-corrected chi connectivity index (χ4v) is 5.51. The molecule has 3 rings (SSSR count). The average Bonchev–Trinajstić information content (AvgIpc) is 3.26. The van der Waals surface area contributed by atoms with Crippen molar-refractivity contribution in [2.45, 2.75) is 58.7 Å². The van der Waals surface area contributed by atoms with Gasteiger partial charge in [0, 0.05) is 32.0 Å². The van der Waals surface area contributed by atoms with Gasteiger partial charge in [-0.1, -0.05) is 45.0 Å². The number of aldehydes is 1. The maximum absolute atomic E-state index is 13.6. The van der Waals surface area contributed by atoms with Crippen LogP contribution in [0.15, 0.2) is 53.9 Å². The molecule has 0 aliphatic rings. The maximum atomic E-state index is 13.6. The molecule has 3 atom stereocenters. The van der Waals surface area contributed by atoms with Crippen molar-refractivity contribution in [1.82, 2.24) is 10.6 Å². The van der Waals surface area contributed by atoms with Crippen LogP contribution in [0.4, 0.5) is 8.78 Å². The number of amides is 1. The predicted octanol–water partition coefficient (Wildman–Crippen LogP) is 5.21. The zero-order valence-electron chi connectivity index (χ0n) is 21.6. The Morgan fingerprint density at radius 3 is 2.38 bits per heavy atom. The summed E-state index contributed by atoms with van der Waals surface area (Å²) in [6.45, 7) is 8.36. The maximum Gasteiger partial charge on any atom is 0.217 e. The highest BCUT2D eigenvalue weighted by Crippen LogP contribution is 2.44. The molecule has 3 aromatic rings. The van der Waals surface area contributed by atoms with Crippen LogP contribution < -0.4 is 10.6 Å². The number of halogens is 2. The zero-order valence-corrected chi connectivity index (χ0v) is 22.4. The third-order valence-electron chi connectivity index (χ3n) is 6.28. The summed E-state index contributed by atoms with van der Waals surface area (Å²) < 4.78 is 27.3.